The van der Waals surface area contributed by atoms with Crippen molar-refractivity contribution < 1.29 is 14.6 Å². The molecule has 0 unspecified atom stereocenters. The molecule has 0 saturated heterocycles. The van der Waals surface area contributed by atoms with E-state index in [1.165, 1.54) is 0 Å². The van der Waals surface area contributed by atoms with Gasteiger partial charge < -0.3 is 14.6 Å². The molecule has 1 heterocycles. The Bertz CT molecular complexity index is 235. The second-order valence-corrected chi connectivity index (χ2v) is 2.50. The Morgan fingerprint density at radius 1 is 1.38 bits per heavy atom. The second-order valence-electron chi connectivity index (χ2n) is 2.50. The molecule has 1 rings (SSSR count). The second kappa shape index (κ2) is 5.50. The molecular weight excluding hydrogens is 170 g/mol. The van der Waals surface area contributed by atoms with E-state index in [1.807, 2.05) is 0 Å². The molecule has 1 aromatic heterocycles. The first-order valence-electron chi connectivity index (χ1n) is 4.04. The van der Waals surface area contributed by atoms with Gasteiger partial charge in [-0.1, -0.05) is 0 Å². The number of aliphatic hydroxyl groups excluding tert-OH is 1. The van der Waals surface area contributed by atoms with Crippen LogP contribution in [-0.2, 0) is 11.3 Å². The highest BCUT2D eigenvalue weighted by molar-refractivity contribution is 5.16. The third-order valence-electron chi connectivity index (χ3n) is 1.52. The van der Waals surface area contributed by atoms with Gasteiger partial charge in [-0.2, -0.15) is 0 Å². The first kappa shape index (κ1) is 9.95. The van der Waals surface area contributed by atoms with Gasteiger partial charge in [-0.15, -0.1) is 0 Å². The maximum Gasteiger partial charge on any atom is 0.213 e. The summed E-state index contributed by atoms with van der Waals surface area (Å²) in [5.74, 6) is 0.550. The lowest BCUT2D eigenvalue weighted by Crippen LogP contribution is -2.05. The third-order valence-corrected chi connectivity index (χ3v) is 1.52. The van der Waals surface area contributed by atoms with Crippen LogP contribution in [0.3, 0.4) is 0 Å². The summed E-state index contributed by atoms with van der Waals surface area (Å²) in [7, 11) is 1.62. The van der Waals surface area contributed by atoms with E-state index in [9.17, 15) is 0 Å². The molecule has 0 aliphatic carbocycles. The van der Waals surface area contributed by atoms with Crippen LogP contribution in [0.25, 0.3) is 0 Å². The topological polar surface area (TPSA) is 51.6 Å². The van der Waals surface area contributed by atoms with Crippen molar-refractivity contribution >= 4 is 0 Å². The zero-order valence-corrected chi connectivity index (χ0v) is 7.56. The average molecular weight is 183 g/mol. The van der Waals surface area contributed by atoms with Crippen LogP contribution in [0, 0.1) is 0 Å². The molecule has 0 bridgehead atoms. The summed E-state index contributed by atoms with van der Waals surface area (Å²) in [6.07, 6.45) is 1.59. The lowest BCUT2D eigenvalue weighted by molar-refractivity contribution is 0.143. The van der Waals surface area contributed by atoms with Crippen LogP contribution in [0.1, 0.15) is 5.56 Å². The highest BCUT2D eigenvalue weighted by Crippen LogP contribution is 2.06. The van der Waals surface area contributed by atoms with E-state index >= 15 is 0 Å². The normalized spacial score (nSPS) is 10.0. The minimum Gasteiger partial charge on any atom is -0.475 e. The molecule has 4 nitrogen and oxygen atoms in total. The Kier molecular flexibility index (Phi) is 4.21. The van der Waals surface area contributed by atoms with E-state index in [-0.39, 0.29) is 6.61 Å². The van der Waals surface area contributed by atoms with Crippen molar-refractivity contribution in [3.8, 4) is 5.88 Å². The summed E-state index contributed by atoms with van der Waals surface area (Å²) in [5.41, 5.74) is 0.777. The fraction of sp³-hybridized carbons (Fsp3) is 0.444. The molecule has 0 fully saturated rings. The summed E-state index contributed by atoms with van der Waals surface area (Å²) in [5, 5.41) is 8.74. The van der Waals surface area contributed by atoms with Gasteiger partial charge in [0.25, 0.3) is 0 Å². The van der Waals surface area contributed by atoms with Crippen molar-refractivity contribution in [1.29, 1.82) is 0 Å². The Morgan fingerprint density at radius 2 is 2.23 bits per heavy atom. The van der Waals surface area contributed by atoms with E-state index in [0.717, 1.165) is 5.56 Å². The number of rotatable bonds is 5. The Hall–Kier alpha value is -1.13. The Balaban J connectivity index is 2.40. The number of aromatic nitrogens is 1. The summed E-state index contributed by atoms with van der Waals surface area (Å²) < 4.78 is 10.0. The minimum absolute atomic E-state index is 0.00531. The molecule has 72 valence electrons. The van der Waals surface area contributed by atoms with Gasteiger partial charge in [-0.3, -0.25) is 0 Å². The number of methoxy groups -OCH3 is 1. The number of ether oxygens (including phenoxy) is 2. The molecule has 0 saturated carbocycles. The van der Waals surface area contributed by atoms with Gasteiger partial charge in [0.15, 0.2) is 0 Å². The lowest BCUT2D eigenvalue weighted by atomic mass is 10.3. The van der Waals surface area contributed by atoms with Gasteiger partial charge >= 0.3 is 0 Å². The van der Waals surface area contributed by atoms with Gasteiger partial charge in [0.1, 0.15) is 6.61 Å². The van der Waals surface area contributed by atoms with Crippen molar-refractivity contribution in [3.05, 3.63) is 23.9 Å². The van der Waals surface area contributed by atoms with Crippen molar-refractivity contribution in [1.82, 2.24) is 4.98 Å². The molecule has 0 radical (unpaired) electrons. The molecule has 0 aliphatic heterocycles. The van der Waals surface area contributed by atoms with Crippen LogP contribution in [0.2, 0.25) is 0 Å². The van der Waals surface area contributed by atoms with Gasteiger partial charge in [-0.05, 0) is 11.6 Å². The van der Waals surface area contributed by atoms with Gasteiger partial charge in [0.05, 0.1) is 13.2 Å². The van der Waals surface area contributed by atoms with Gasteiger partial charge in [-0.25, -0.2) is 4.98 Å². The summed E-state index contributed by atoms with van der Waals surface area (Å²) >= 11 is 0. The van der Waals surface area contributed by atoms with Crippen LogP contribution < -0.4 is 4.74 Å². The molecule has 13 heavy (non-hydrogen) atoms. The fourth-order valence-electron chi connectivity index (χ4n) is 0.819. The number of aliphatic hydroxyl groups is 1. The smallest absolute Gasteiger partial charge is 0.213 e. The Morgan fingerprint density at radius 3 is 2.77 bits per heavy atom. The van der Waals surface area contributed by atoms with Crippen LogP contribution in [0.5, 0.6) is 5.88 Å². The van der Waals surface area contributed by atoms with Crippen LogP contribution in [0.15, 0.2) is 18.3 Å². The monoisotopic (exact) mass is 183 g/mol. The number of hydrogen-bond acceptors (Lipinski definition) is 4. The highest BCUT2D eigenvalue weighted by atomic mass is 16.5. The Labute approximate surface area is 77.1 Å². The largest absolute Gasteiger partial charge is 0.475 e. The molecule has 0 amide bonds. The summed E-state index contributed by atoms with van der Waals surface area (Å²) in [4.78, 5) is 3.98. The molecule has 4 heteroatoms. The van der Waals surface area contributed by atoms with E-state index in [1.54, 1.807) is 25.4 Å². The van der Waals surface area contributed by atoms with E-state index in [2.05, 4.69) is 4.98 Å². The molecular formula is C9H13NO3. The van der Waals surface area contributed by atoms with Crippen molar-refractivity contribution in [3.63, 3.8) is 0 Å². The fourth-order valence-corrected chi connectivity index (χ4v) is 0.819. The highest BCUT2D eigenvalue weighted by Gasteiger charge is 1.95. The first-order chi connectivity index (χ1) is 6.36. The average Bonchev–Trinajstić information content (AvgIpc) is 2.19. The predicted octanol–water partition coefficient (Wildman–Crippen LogP) is 0.599. The minimum atomic E-state index is 0.00531. The van der Waals surface area contributed by atoms with Crippen LogP contribution >= 0.6 is 0 Å². The summed E-state index contributed by atoms with van der Waals surface area (Å²) in [6.45, 7) is 1.04. The predicted molar refractivity (Wildman–Crippen MR) is 47.5 cm³/mol. The van der Waals surface area contributed by atoms with Gasteiger partial charge in [0, 0.05) is 19.4 Å². The maximum atomic E-state index is 8.74. The van der Waals surface area contributed by atoms with Crippen molar-refractivity contribution in [2.45, 2.75) is 6.61 Å². The molecule has 0 atom stereocenters. The van der Waals surface area contributed by atoms with Crippen molar-refractivity contribution in [2.75, 3.05) is 20.3 Å². The third kappa shape index (κ3) is 3.40. The molecule has 0 aromatic carbocycles. The summed E-state index contributed by atoms with van der Waals surface area (Å²) in [6, 6.07) is 3.50. The van der Waals surface area contributed by atoms with Crippen LogP contribution in [-0.4, -0.2) is 30.4 Å². The maximum absolute atomic E-state index is 8.74. The SMILES string of the molecule is COCCOc1ccc(CO)cn1. The first-order valence-corrected chi connectivity index (χ1v) is 4.04. The number of pyridine rings is 1. The van der Waals surface area contributed by atoms with E-state index in [0.29, 0.717) is 19.1 Å². The van der Waals surface area contributed by atoms with Crippen LogP contribution in [0.4, 0.5) is 0 Å². The molecule has 1 N–H and O–H groups in total. The standard InChI is InChI=1S/C9H13NO3/c1-12-4-5-13-9-3-2-8(7-11)6-10-9/h2-3,6,11H,4-5,7H2,1H3. The lowest BCUT2D eigenvalue weighted by Gasteiger charge is -2.04. The number of nitrogens with zero attached hydrogens (tertiary/aromatic N) is 1. The molecule has 1 aromatic rings. The van der Waals surface area contributed by atoms with Gasteiger partial charge in [0.2, 0.25) is 5.88 Å². The molecule has 0 aliphatic rings. The van der Waals surface area contributed by atoms with E-state index in [4.69, 9.17) is 14.6 Å². The zero-order valence-electron chi connectivity index (χ0n) is 7.56. The van der Waals surface area contributed by atoms with E-state index < -0.39 is 0 Å². The quantitative estimate of drug-likeness (QED) is 0.679. The zero-order chi connectivity index (χ0) is 9.52. The number of hydrogen-bond donors (Lipinski definition) is 1. The van der Waals surface area contributed by atoms with Crippen molar-refractivity contribution in [2.24, 2.45) is 0 Å². The molecule has 0 spiro atoms.